The van der Waals surface area contributed by atoms with Crippen LogP contribution < -0.4 is 5.32 Å². The van der Waals surface area contributed by atoms with E-state index in [9.17, 15) is 0 Å². The van der Waals surface area contributed by atoms with Crippen LogP contribution in [-0.2, 0) is 17.9 Å². The molecule has 0 atom stereocenters. The molecule has 4 heteroatoms. The van der Waals surface area contributed by atoms with E-state index in [-0.39, 0.29) is 0 Å². The van der Waals surface area contributed by atoms with Gasteiger partial charge in [0.1, 0.15) is 6.07 Å². The van der Waals surface area contributed by atoms with E-state index in [1.54, 1.807) is 6.20 Å². The standard InChI is InChI=1S/C16H17N3O/c1-2-20-12-14-7-4-3-6-13(14)11-19-15-8-5-9-18-16(15)10-17/h3-9,19H,2,11-12H2,1H3. The van der Waals surface area contributed by atoms with Crippen molar-refractivity contribution in [2.45, 2.75) is 20.1 Å². The van der Waals surface area contributed by atoms with Crippen molar-refractivity contribution in [3.8, 4) is 6.07 Å². The molecule has 0 unspecified atom stereocenters. The molecule has 102 valence electrons. The van der Waals surface area contributed by atoms with Crippen molar-refractivity contribution in [2.24, 2.45) is 0 Å². The molecule has 1 aromatic heterocycles. The third kappa shape index (κ3) is 3.56. The molecule has 20 heavy (non-hydrogen) atoms. The average Bonchev–Trinajstić information content (AvgIpc) is 2.52. The number of benzene rings is 1. The summed E-state index contributed by atoms with van der Waals surface area (Å²) in [6.45, 7) is 3.93. The molecule has 0 radical (unpaired) electrons. The Kier molecular flexibility index (Phi) is 5.10. The minimum atomic E-state index is 0.412. The van der Waals surface area contributed by atoms with Crippen LogP contribution in [-0.4, -0.2) is 11.6 Å². The summed E-state index contributed by atoms with van der Waals surface area (Å²) in [5.74, 6) is 0. The van der Waals surface area contributed by atoms with Crippen molar-refractivity contribution >= 4 is 5.69 Å². The molecule has 0 spiro atoms. The normalized spacial score (nSPS) is 10.0. The number of nitriles is 1. The number of hydrogen-bond donors (Lipinski definition) is 1. The fraction of sp³-hybridized carbons (Fsp3) is 0.250. The minimum absolute atomic E-state index is 0.412. The maximum atomic E-state index is 9.01. The van der Waals surface area contributed by atoms with Crippen LogP contribution in [0.1, 0.15) is 23.7 Å². The van der Waals surface area contributed by atoms with Gasteiger partial charge in [-0.05, 0) is 30.2 Å². The molecule has 0 fully saturated rings. The second-order valence-electron chi connectivity index (χ2n) is 4.27. The molecular weight excluding hydrogens is 250 g/mol. The molecule has 0 aliphatic heterocycles. The third-order valence-electron chi connectivity index (χ3n) is 2.96. The monoisotopic (exact) mass is 267 g/mol. The van der Waals surface area contributed by atoms with E-state index >= 15 is 0 Å². The predicted molar refractivity (Wildman–Crippen MR) is 78.1 cm³/mol. The quantitative estimate of drug-likeness (QED) is 0.873. The topological polar surface area (TPSA) is 57.9 Å². The van der Waals surface area contributed by atoms with Crippen LogP contribution in [0.2, 0.25) is 0 Å². The van der Waals surface area contributed by atoms with Gasteiger partial charge in [-0.15, -0.1) is 0 Å². The molecule has 2 rings (SSSR count). The van der Waals surface area contributed by atoms with Crippen molar-refractivity contribution < 1.29 is 4.74 Å². The summed E-state index contributed by atoms with van der Waals surface area (Å²) < 4.78 is 5.46. The Morgan fingerprint density at radius 3 is 2.75 bits per heavy atom. The molecule has 1 heterocycles. The van der Waals surface area contributed by atoms with Gasteiger partial charge in [0.05, 0.1) is 12.3 Å². The maximum Gasteiger partial charge on any atom is 0.163 e. The fourth-order valence-electron chi connectivity index (χ4n) is 1.91. The number of rotatable bonds is 6. The van der Waals surface area contributed by atoms with Crippen molar-refractivity contribution in [1.82, 2.24) is 4.98 Å². The first kappa shape index (κ1) is 14.0. The number of nitrogens with one attached hydrogen (secondary N) is 1. The van der Waals surface area contributed by atoms with Crippen molar-refractivity contribution in [3.05, 3.63) is 59.4 Å². The van der Waals surface area contributed by atoms with Gasteiger partial charge in [-0.1, -0.05) is 24.3 Å². The van der Waals surface area contributed by atoms with Crippen molar-refractivity contribution in [1.29, 1.82) is 5.26 Å². The van der Waals surface area contributed by atoms with Crippen LogP contribution in [0, 0.1) is 11.3 Å². The van der Waals surface area contributed by atoms with E-state index in [1.165, 1.54) is 0 Å². The zero-order valence-electron chi connectivity index (χ0n) is 11.5. The first-order chi connectivity index (χ1) is 9.85. The summed E-state index contributed by atoms with van der Waals surface area (Å²) in [5.41, 5.74) is 3.48. The van der Waals surface area contributed by atoms with Gasteiger partial charge in [-0.2, -0.15) is 5.26 Å². The van der Waals surface area contributed by atoms with E-state index in [1.807, 2.05) is 31.2 Å². The highest BCUT2D eigenvalue weighted by Gasteiger charge is 2.04. The molecule has 2 aromatic rings. The van der Waals surface area contributed by atoms with Crippen LogP contribution in [0.25, 0.3) is 0 Å². The second-order valence-corrected chi connectivity index (χ2v) is 4.27. The Balaban J connectivity index is 2.09. The van der Waals surface area contributed by atoms with Crippen molar-refractivity contribution in [3.63, 3.8) is 0 Å². The predicted octanol–water partition coefficient (Wildman–Crippen LogP) is 3.10. The van der Waals surface area contributed by atoms with Gasteiger partial charge in [0.25, 0.3) is 0 Å². The SMILES string of the molecule is CCOCc1ccccc1CNc1cccnc1C#N. The van der Waals surface area contributed by atoms with E-state index in [4.69, 9.17) is 10.00 Å². The number of aromatic nitrogens is 1. The summed E-state index contributed by atoms with van der Waals surface area (Å²) in [6.07, 6.45) is 1.62. The maximum absolute atomic E-state index is 9.01. The molecule has 0 saturated carbocycles. The summed E-state index contributed by atoms with van der Waals surface area (Å²) in [5, 5.41) is 12.3. The van der Waals surface area contributed by atoms with Crippen LogP contribution in [0.5, 0.6) is 0 Å². The van der Waals surface area contributed by atoms with Gasteiger partial charge in [-0.25, -0.2) is 4.98 Å². The lowest BCUT2D eigenvalue weighted by atomic mass is 10.1. The highest BCUT2D eigenvalue weighted by Crippen LogP contribution is 2.15. The van der Waals surface area contributed by atoms with Crippen LogP contribution in [0.4, 0.5) is 5.69 Å². The Hall–Kier alpha value is -2.38. The zero-order valence-corrected chi connectivity index (χ0v) is 11.5. The van der Waals surface area contributed by atoms with E-state index in [2.05, 4.69) is 28.5 Å². The van der Waals surface area contributed by atoms with Crippen LogP contribution >= 0.6 is 0 Å². The summed E-state index contributed by atoms with van der Waals surface area (Å²) in [4.78, 5) is 4.03. The Labute approximate surface area is 119 Å². The molecule has 0 bridgehead atoms. The highest BCUT2D eigenvalue weighted by molar-refractivity contribution is 5.53. The molecule has 0 amide bonds. The van der Waals surface area contributed by atoms with Gasteiger partial charge in [0, 0.05) is 19.3 Å². The fourth-order valence-corrected chi connectivity index (χ4v) is 1.91. The third-order valence-corrected chi connectivity index (χ3v) is 2.96. The lowest BCUT2D eigenvalue weighted by Crippen LogP contribution is -2.05. The highest BCUT2D eigenvalue weighted by atomic mass is 16.5. The molecule has 1 aromatic carbocycles. The molecule has 1 N–H and O–H groups in total. The van der Waals surface area contributed by atoms with Gasteiger partial charge in [0.2, 0.25) is 0 Å². The van der Waals surface area contributed by atoms with Crippen molar-refractivity contribution in [2.75, 3.05) is 11.9 Å². The number of nitrogens with zero attached hydrogens (tertiary/aromatic N) is 2. The molecule has 0 saturated heterocycles. The van der Waals surface area contributed by atoms with E-state index in [0.717, 1.165) is 16.8 Å². The molecule has 0 aliphatic rings. The first-order valence-corrected chi connectivity index (χ1v) is 6.58. The lowest BCUT2D eigenvalue weighted by molar-refractivity contribution is 0.133. The first-order valence-electron chi connectivity index (χ1n) is 6.58. The number of pyridine rings is 1. The Morgan fingerprint density at radius 2 is 2.00 bits per heavy atom. The zero-order chi connectivity index (χ0) is 14.2. The van der Waals surface area contributed by atoms with E-state index < -0.39 is 0 Å². The van der Waals surface area contributed by atoms with E-state index in [0.29, 0.717) is 25.5 Å². The van der Waals surface area contributed by atoms with Gasteiger partial charge in [-0.3, -0.25) is 0 Å². The summed E-state index contributed by atoms with van der Waals surface area (Å²) >= 11 is 0. The summed E-state index contributed by atoms with van der Waals surface area (Å²) in [6, 6.07) is 13.9. The minimum Gasteiger partial charge on any atom is -0.379 e. The average molecular weight is 267 g/mol. The van der Waals surface area contributed by atoms with Gasteiger partial charge < -0.3 is 10.1 Å². The number of hydrogen-bond acceptors (Lipinski definition) is 4. The second kappa shape index (κ2) is 7.27. The van der Waals surface area contributed by atoms with Crippen LogP contribution in [0.15, 0.2) is 42.6 Å². The molecule has 0 aliphatic carbocycles. The smallest absolute Gasteiger partial charge is 0.163 e. The summed E-state index contributed by atoms with van der Waals surface area (Å²) in [7, 11) is 0. The van der Waals surface area contributed by atoms with Gasteiger partial charge in [0.15, 0.2) is 5.69 Å². The number of ether oxygens (including phenoxy) is 1. The largest absolute Gasteiger partial charge is 0.379 e. The Bertz CT molecular complexity index is 605. The Morgan fingerprint density at radius 1 is 1.20 bits per heavy atom. The van der Waals surface area contributed by atoms with Gasteiger partial charge >= 0.3 is 0 Å². The molecule has 4 nitrogen and oxygen atoms in total. The molecular formula is C16H17N3O. The van der Waals surface area contributed by atoms with Crippen LogP contribution in [0.3, 0.4) is 0 Å². The number of anilines is 1. The lowest BCUT2D eigenvalue weighted by Gasteiger charge is -2.12.